The highest BCUT2D eigenvalue weighted by Crippen LogP contribution is 2.66. The number of aliphatic hydroxyl groups is 1. The number of likely N-dealkylation sites (tertiary alicyclic amines) is 1. The molecule has 2 bridgehead atoms. The number of hydrogen-bond donors (Lipinski definition) is 1. The Balaban J connectivity index is 1.76. The normalized spacial score (nSPS) is 26.6. The Labute approximate surface area is 247 Å². The fourth-order valence-electron chi connectivity index (χ4n) is 6.99. The molecule has 1 N–H and O–H groups in total. The number of carbonyl (C=O) groups excluding carboxylic acids is 3. The number of halogens is 1. The lowest BCUT2D eigenvalue weighted by molar-refractivity contribution is -0.143. The molecule has 7 nitrogen and oxygen atoms in total. The van der Waals surface area contributed by atoms with Gasteiger partial charge in [0.2, 0.25) is 11.8 Å². The van der Waals surface area contributed by atoms with E-state index in [0.717, 1.165) is 24.8 Å². The number of unbranched alkanes of at least 4 members (excludes halogenated alkanes) is 2. The summed E-state index contributed by atoms with van der Waals surface area (Å²) in [6.07, 6.45) is 7.82. The van der Waals surface area contributed by atoms with Crippen LogP contribution in [0.2, 0.25) is 5.02 Å². The fraction of sp³-hybridized carbons (Fsp3) is 0.581. The van der Waals surface area contributed by atoms with Gasteiger partial charge in [-0.1, -0.05) is 42.8 Å². The molecule has 0 aromatic heterocycles. The first kappa shape index (κ1) is 30.7. The van der Waals surface area contributed by atoms with Crippen LogP contribution in [0.4, 0.5) is 5.69 Å². The van der Waals surface area contributed by atoms with Crippen molar-refractivity contribution >= 4 is 46.8 Å². The molecular formula is C31H42ClN3O4S. The molecule has 1 aromatic rings. The summed E-state index contributed by atoms with van der Waals surface area (Å²) in [6, 6.07) is 4.84. The lowest BCUT2D eigenvalue weighted by Gasteiger charge is -2.38. The van der Waals surface area contributed by atoms with Crippen molar-refractivity contribution in [2.75, 3.05) is 37.7 Å². The van der Waals surface area contributed by atoms with E-state index in [1.807, 2.05) is 30.9 Å². The highest BCUT2D eigenvalue weighted by atomic mass is 35.5. The van der Waals surface area contributed by atoms with Gasteiger partial charge in [0.25, 0.3) is 5.91 Å². The topological polar surface area (TPSA) is 81.2 Å². The van der Waals surface area contributed by atoms with Gasteiger partial charge in [0, 0.05) is 38.0 Å². The second-order valence-electron chi connectivity index (χ2n) is 11.1. The largest absolute Gasteiger partial charge is 0.396 e. The predicted molar refractivity (Wildman–Crippen MR) is 163 cm³/mol. The van der Waals surface area contributed by atoms with Crippen molar-refractivity contribution in [1.29, 1.82) is 0 Å². The molecule has 3 aliphatic rings. The summed E-state index contributed by atoms with van der Waals surface area (Å²) in [4.78, 5) is 48.2. The van der Waals surface area contributed by atoms with Gasteiger partial charge >= 0.3 is 0 Å². The lowest BCUT2D eigenvalue weighted by atomic mass is 9.70. The van der Waals surface area contributed by atoms with Gasteiger partial charge in [-0.2, -0.15) is 0 Å². The summed E-state index contributed by atoms with van der Waals surface area (Å²) in [5, 5.41) is 9.77. The van der Waals surface area contributed by atoms with E-state index in [1.54, 1.807) is 39.8 Å². The molecule has 3 aliphatic heterocycles. The molecule has 4 rings (SSSR count). The molecule has 9 heteroatoms. The number of carbonyl (C=O) groups is 3. The van der Waals surface area contributed by atoms with Crippen LogP contribution < -0.4 is 4.90 Å². The average molecular weight is 588 g/mol. The molecule has 218 valence electrons. The maximum absolute atomic E-state index is 14.7. The Morgan fingerprint density at radius 3 is 2.60 bits per heavy atom. The third kappa shape index (κ3) is 5.35. The molecule has 1 spiro atoms. The molecular weight excluding hydrogens is 546 g/mol. The van der Waals surface area contributed by atoms with Crippen molar-refractivity contribution in [2.45, 2.75) is 68.4 Å². The van der Waals surface area contributed by atoms with Gasteiger partial charge in [0.15, 0.2) is 0 Å². The number of fused-ring (bicyclic) bond motifs is 1. The minimum Gasteiger partial charge on any atom is -0.396 e. The van der Waals surface area contributed by atoms with Crippen molar-refractivity contribution in [3.8, 4) is 0 Å². The molecule has 2 unspecified atom stereocenters. The lowest BCUT2D eigenvalue weighted by Crippen LogP contribution is -2.55. The molecule has 3 saturated heterocycles. The quantitative estimate of drug-likeness (QED) is 0.249. The number of amides is 3. The Bertz CT molecular complexity index is 1130. The number of benzene rings is 1. The Morgan fingerprint density at radius 1 is 1.20 bits per heavy atom. The van der Waals surface area contributed by atoms with E-state index in [4.69, 9.17) is 11.6 Å². The smallest absolute Gasteiger partial charge is 0.251 e. The minimum absolute atomic E-state index is 0.00241. The van der Waals surface area contributed by atoms with Crippen molar-refractivity contribution in [2.24, 2.45) is 11.8 Å². The molecule has 5 atom stereocenters. The number of thioether (sulfide) groups is 1. The molecule has 0 aliphatic carbocycles. The summed E-state index contributed by atoms with van der Waals surface area (Å²) in [6.45, 7) is 13.5. The second kappa shape index (κ2) is 13.1. The third-order valence-electron chi connectivity index (χ3n) is 8.57. The number of rotatable bonds is 14. The van der Waals surface area contributed by atoms with Crippen LogP contribution in [0.5, 0.6) is 0 Å². The standard InChI is InChI=1S/C31H42ClN3O4S/c1-5-16-33(17-6-2)28(37)24-23-14-15-31(40-23)25(24)29(38)35(19-9-8-10-20-36)27(31)30(39)34(18-7-3)26-21(4)12-11-13-22(26)32/h5,7,11-13,23-25,27,36H,1,3,6,8-10,14-20H2,2,4H3/t23-,24+,25-,27?,31?/m0/s1. The summed E-state index contributed by atoms with van der Waals surface area (Å²) in [5.41, 5.74) is 1.50. The van der Waals surface area contributed by atoms with Gasteiger partial charge in [-0.3, -0.25) is 14.4 Å². The summed E-state index contributed by atoms with van der Waals surface area (Å²) >= 11 is 8.33. The molecule has 3 amide bonds. The SMILES string of the molecule is C=CCN(CCC)C(=O)[C@@H]1[C@@H]2CCC3(S2)C(C(=O)N(CC=C)c2c(C)cccc2Cl)N(CCCCCO)C(=O)[C@H]13. The van der Waals surface area contributed by atoms with Crippen LogP contribution >= 0.6 is 23.4 Å². The second-order valence-corrected chi connectivity index (χ2v) is 13.1. The number of aryl methyl sites for hydroxylation is 1. The molecule has 40 heavy (non-hydrogen) atoms. The van der Waals surface area contributed by atoms with Gasteiger partial charge in [0.05, 0.1) is 27.3 Å². The highest BCUT2D eigenvalue weighted by Gasteiger charge is 2.74. The third-order valence-corrected chi connectivity index (χ3v) is 10.8. The van der Waals surface area contributed by atoms with Crippen LogP contribution in [0, 0.1) is 18.8 Å². The zero-order chi connectivity index (χ0) is 29.0. The molecule has 0 saturated carbocycles. The maximum Gasteiger partial charge on any atom is 0.251 e. The van der Waals surface area contributed by atoms with Crippen LogP contribution in [-0.4, -0.2) is 81.5 Å². The number of hydrogen-bond acceptors (Lipinski definition) is 5. The van der Waals surface area contributed by atoms with Crippen molar-refractivity contribution in [3.05, 3.63) is 54.1 Å². The van der Waals surface area contributed by atoms with E-state index in [0.29, 0.717) is 49.6 Å². The summed E-state index contributed by atoms with van der Waals surface area (Å²) in [5.74, 6) is -1.27. The zero-order valence-corrected chi connectivity index (χ0v) is 25.3. The van der Waals surface area contributed by atoms with Crippen molar-refractivity contribution in [1.82, 2.24) is 9.80 Å². The van der Waals surface area contributed by atoms with Gasteiger partial charge < -0.3 is 19.8 Å². The predicted octanol–water partition coefficient (Wildman–Crippen LogP) is 4.85. The van der Waals surface area contributed by atoms with Crippen LogP contribution in [0.3, 0.4) is 0 Å². The van der Waals surface area contributed by atoms with Crippen LogP contribution in [-0.2, 0) is 14.4 Å². The Hall–Kier alpha value is -2.29. The first-order valence-corrected chi connectivity index (χ1v) is 15.7. The van der Waals surface area contributed by atoms with Crippen LogP contribution in [0.1, 0.15) is 51.0 Å². The van der Waals surface area contributed by atoms with E-state index in [9.17, 15) is 19.5 Å². The van der Waals surface area contributed by atoms with E-state index in [1.165, 1.54) is 0 Å². The molecule has 3 heterocycles. The van der Waals surface area contributed by atoms with E-state index < -0.39 is 22.6 Å². The van der Waals surface area contributed by atoms with Crippen molar-refractivity contribution in [3.63, 3.8) is 0 Å². The first-order valence-electron chi connectivity index (χ1n) is 14.4. The maximum atomic E-state index is 14.7. The first-order chi connectivity index (χ1) is 19.3. The minimum atomic E-state index is -0.707. The number of aliphatic hydroxyl groups excluding tert-OH is 1. The van der Waals surface area contributed by atoms with E-state index in [-0.39, 0.29) is 36.1 Å². The van der Waals surface area contributed by atoms with E-state index in [2.05, 4.69) is 13.2 Å². The van der Waals surface area contributed by atoms with Crippen LogP contribution in [0.15, 0.2) is 43.5 Å². The number of nitrogens with zero attached hydrogens (tertiary/aromatic N) is 3. The Kier molecular flexibility index (Phi) is 10.1. The molecule has 0 radical (unpaired) electrons. The zero-order valence-electron chi connectivity index (χ0n) is 23.7. The van der Waals surface area contributed by atoms with Gasteiger partial charge in [0.1, 0.15) is 6.04 Å². The molecule has 3 fully saturated rings. The number of para-hydroxylation sites is 1. The Morgan fingerprint density at radius 2 is 1.95 bits per heavy atom. The van der Waals surface area contributed by atoms with Gasteiger partial charge in [-0.05, 0) is 57.1 Å². The highest BCUT2D eigenvalue weighted by molar-refractivity contribution is 8.02. The average Bonchev–Trinajstić information content (AvgIpc) is 3.57. The van der Waals surface area contributed by atoms with Crippen LogP contribution in [0.25, 0.3) is 0 Å². The number of anilines is 1. The van der Waals surface area contributed by atoms with Gasteiger partial charge in [-0.25, -0.2) is 0 Å². The van der Waals surface area contributed by atoms with Gasteiger partial charge in [-0.15, -0.1) is 24.9 Å². The molecule has 1 aromatic carbocycles. The van der Waals surface area contributed by atoms with E-state index >= 15 is 0 Å². The van der Waals surface area contributed by atoms with Crippen molar-refractivity contribution < 1.29 is 19.5 Å². The monoisotopic (exact) mass is 587 g/mol. The summed E-state index contributed by atoms with van der Waals surface area (Å²) in [7, 11) is 0. The summed E-state index contributed by atoms with van der Waals surface area (Å²) < 4.78 is -0.670. The fourth-order valence-corrected chi connectivity index (χ4v) is 9.52.